The molecule has 0 fully saturated rings. The fourth-order valence-electron chi connectivity index (χ4n) is 1.68. The maximum absolute atomic E-state index is 5.79. The summed E-state index contributed by atoms with van der Waals surface area (Å²) in [6.07, 6.45) is 2.23. The van der Waals surface area contributed by atoms with Crippen LogP contribution in [0.15, 0.2) is 21.1 Å². The van der Waals surface area contributed by atoms with Crippen molar-refractivity contribution >= 4 is 31.9 Å². The smallest absolute Gasteiger partial charge is 0.147 e. The average molecular weight is 393 g/mol. The molecule has 0 aliphatic carbocycles. The van der Waals surface area contributed by atoms with Crippen molar-refractivity contribution in [1.82, 2.24) is 5.32 Å². The van der Waals surface area contributed by atoms with Crippen LogP contribution in [0.1, 0.15) is 39.2 Å². The zero-order chi connectivity index (χ0) is 14.3. The Labute approximate surface area is 133 Å². The minimum Gasteiger partial charge on any atom is -0.491 e. The number of ether oxygens (including phenoxy) is 1. The van der Waals surface area contributed by atoms with Gasteiger partial charge >= 0.3 is 0 Å². The lowest BCUT2D eigenvalue weighted by Gasteiger charge is -2.13. The van der Waals surface area contributed by atoms with Crippen LogP contribution in [0.4, 0.5) is 0 Å². The van der Waals surface area contributed by atoms with E-state index in [0.717, 1.165) is 47.2 Å². The summed E-state index contributed by atoms with van der Waals surface area (Å²) in [5.41, 5.74) is 1.25. The molecule has 4 heteroatoms. The van der Waals surface area contributed by atoms with Crippen molar-refractivity contribution in [3.05, 3.63) is 26.6 Å². The van der Waals surface area contributed by atoms with Crippen molar-refractivity contribution in [3.63, 3.8) is 0 Å². The maximum atomic E-state index is 5.79. The Hall–Kier alpha value is -0.0600. The van der Waals surface area contributed by atoms with E-state index in [1.807, 2.05) is 0 Å². The standard InChI is InChI=1S/C15H23Br2NO/c1-4-5-6-19-15-13(16)7-12(8-14(15)17)10-18-9-11(2)3/h7-8,11,18H,4-6,9-10H2,1-3H3. The first-order valence-electron chi connectivity index (χ1n) is 6.86. The molecule has 0 spiro atoms. The fraction of sp³-hybridized carbons (Fsp3) is 0.600. The first kappa shape index (κ1) is 17.0. The van der Waals surface area contributed by atoms with Gasteiger partial charge in [-0.05, 0) is 68.4 Å². The molecule has 2 nitrogen and oxygen atoms in total. The lowest BCUT2D eigenvalue weighted by Crippen LogP contribution is -2.19. The molecule has 0 bridgehead atoms. The molecule has 1 aromatic rings. The third kappa shape index (κ3) is 6.28. The van der Waals surface area contributed by atoms with Gasteiger partial charge in [0, 0.05) is 6.54 Å². The molecule has 1 N–H and O–H groups in total. The zero-order valence-corrected chi connectivity index (χ0v) is 15.1. The van der Waals surface area contributed by atoms with Crippen molar-refractivity contribution in [2.75, 3.05) is 13.2 Å². The average Bonchev–Trinajstić information content (AvgIpc) is 2.32. The highest BCUT2D eigenvalue weighted by atomic mass is 79.9. The predicted octanol–water partition coefficient (Wildman–Crippen LogP) is 5.14. The molecular formula is C15H23Br2NO. The van der Waals surface area contributed by atoms with E-state index in [0.29, 0.717) is 5.92 Å². The Morgan fingerprint density at radius 2 is 1.84 bits per heavy atom. The largest absolute Gasteiger partial charge is 0.491 e. The molecule has 0 aliphatic heterocycles. The Balaban J connectivity index is 2.62. The summed E-state index contributed by atoms with van der Waals surface area (Å²) in [7, 11) is 0. The highest BCUT2D eigenvalue weighted by Gasteiger charge is 2.09. The van der Waals surface area contributed by atoms with Crippen LogP contribution in [0.3, 0.4) is 0 Å². The van der Waals surface area contributed by atoms with Gasteiger partial charge in [0.05, 0.1) is 15.6 Å². The van der Waals surface area contributed by atoms with Crippen molar-refractivity contribution in [2.24, 2.45) is 5.92 Å². The second kappa shape index (κ2) is 8.98. The molecule has 0 atom stereocenters. The highest BCUT2D eigenvalue weighted by Crippen LogP contribution is 2.34. The molecule has 1 rings (SSSR count). The zero-order valence-electron chi connectivity index (χ0n) is 11.9. The number of hydrogen-bond acceptors (Lipinski definition) is 2. The molecular weight excluding hydrogens is 370 g/mol. The lowest BCUT2D eigenvalue weighted by molar-refractivity contribution is 0.305. The minimum atomic E-state index is 0.670. The Morgan fingerprint density at radius 3 is 2.37 bits per heavy atom. The lowest BCUT2D eigenvalue weighted by atomic mass is 10.2. The van der Waals surface area contributed by atoms with Gasteiger partial charge < -0.3 is 10.1 Å². The highest BCUT2D eigenvalue weighted by molar-refractivity contribution is 9.11. The third-order valence-electron chi connectivity index (χ3n) is 2.68. The van der Waals surface area contributed by atoms with Gasteiger partial charge in [-0.25, -0.2) is 0 Å². The molecule has 0 radical (unpaired) electrons. The quantitative estimate of drug-likeness (QED) is 0.618. The first-order chi connectivity index (χ1) is 9.04. The Kier molecular flexibility index (Phi) is 8.03. The van der Waals surface area contributed by atoms with Gasteiger partial charge in [0.2, 0.25) is 0 Å². The van der Waals surface area contributed by atoms with Crippen LogP contribution in [-0.2, 0) is 6.54 Å². The van der Waals surface area contributed by atoms with Crippen molar-refractivity contribution in [2.45, 2.75) is 40.2 Å². The summed E-state index contributed by atoms with van der Waals surface area (Å²) >= 11 is 7.18. The molecule has 19 heavy (non-hydrogen) atoms. The van der Waals surface area contributed by atoms with Gasteiger partial charge in [0.25, 0.3) is 0 Å². The fourth-order valence-corrected chi connectivity index (χ4v) is 3.19. The van der Waals surface area contributed by atoms with Crippen LogP contribution in [0.5, 0.6) is 5.75 Å². The van der Waals surface area contributed by atoms with Crippen molar-refractivity contribution < 1.29 is 4.74 Å². The third-order valence-corrected chi connectivity index (χ3v) is 3.86. The summed E-state index contributed by atoms with van der Waals surface area (Å²) < 4.78 is 7.82. The molecule has 0 heterocycles. The van der Waals surface area contributed by atoms with Gasteiger partial charge in [0.15, 0.2) is 0 Å². The molecule has 0 aromatic heterocycles. The van der Waals surface area contributed by atoms with Gasteiger partial charge in [0.1, 0.15) is 5.75 Å². The van der Waals surface area contributed by atoms with Crippen LogP contribution < -0.4 is 10.1 Å². The summed E-state index contributed by atoms with van der Waals surface area (Å²) in [6, 6.07) is 4.25. The van der Waals surface area contributed by atoms with Gasteiger partial charge in [-0.3, -0.25) is 0 Å². The van der Waals surface area contributed by atoms with Crippen LogP contribution in [-0.4, -0.2) is 13.2 Å². The molecule has 0 aliphatic rings. The Morgan fingerprint density at radius 1 is 1.21 bits per heavy atom. The minimum absolute atomic E-state index is 0.670. The van der Waals surface area contributed by atoms with Crippen LogP contribution in [0, 0.1) is 5.92 Å². The van der Waals surface area contributed by atoms with Gasteiger partial charge in [-0.2, -0.15) is 0 Å². The van der Waals surface area contributed by atoms with E-state index < -0.39 is 0 Å². The van der Waals surface area contributed by atoms with E-state index >= 15 is 0 Å². The van der Waals surface area contributed by atoms with Crippen LogP contribution in [0.25, 0.3) is 0 Å². The van der Waals surface area contributed by atoms with Crippen molar-refractivity contribution in [1.29, 1.82) is 0 Å². The van der Waals surface area contributed by atoms with E-state index in [1.165, 1.54) is 5.56 Å². The molecule has 0 amide bonds. The van der Waals surface area contributed by atoms with E-state index in [9.17, 15) is 0 Å². The number of unbranched alkanes of at least 4 members (excludes halogenated alkanes) is 1. The monoisotopic (exact) mass is 391 g/mol. The number of rotatable bonds is 8. The van der Waals surface area contributed by atoms with E-state index in [4.69, 9.17) is 4.74 Å². The first-order valence-corrected chi connectivity index (χ1v) is 8.44. The predicted molar refractivity (Wildman–Crippen MR) is 88.8 cm³/mol. The van der Waals surface area contributed by atoms with E-state index in [1.54, 1.807) is 0 Å². The second-order valence-electron chi connectivity index (χ2n) is 5.12. The topological polar surface area (TPSA) is 21.3 Å². The van der Waals surface area contributed by atoms with E-state index in [2.05, 4.69) is 70.1 Å². The second-order valence-corrected chi connectivity index (χ2v) is 6.82. The summed E-state index contributed by atoms with van der Waals surface area (Å²) in [5.74, 6) is 1.57. The van der Waals surface area contributed by atoms with Gasteiger partial charge in [-0.1, -0.05) is 27.2 Å². The summed E-state index contributed by atoms with van der Waals surface area (Å²) in [6.45, 7) is 9.26. The number of nitrogens with one attached hydrogen (secondary N) is 1. The van der Waals surface area contributed by atoms with Crippen LogP contribution in [0.2, 0.25) is 0 Å². The summed E-state index contributed by atoms with van der Waals surface area (Å²) in [5, 5.41) is 3.44. The molecule has 0 unspecified atom stereocenters. The Bertz CT molecular complexity index is 371. The normalized spacial score (nSPS) is 11.1. The van der Waals surface area contributed by atoms with Gasteiger partial charge in [-0.15, -0.1) is 0 Å². The number of hydrogen-bond donors (Lipinski definition) is 1. The van der Waals surface area contributed by atoms with Crippen molar-refractivity contribution in [3.8, 4) is 5.75 Å². The number of halogens is 2. The maximum Gasteiger partial charge on any atom is 0.147 e. The SMILES string of the molecule is CCCCOc1c(Br)cc(CNCC(C)C)cc1Br. The van der Waals surface area contributed by atoms with E-state index in [-0.39, 0.29) is 0 Å². The number of benzene rings is 1. The molecule has 0 saturated carbocycles. The molecule has 108 valence electrons. The molecule has 0 saturated heterocycles. The van der Waals surface area contributed by atoms with Crippen LogP contribution >= 0.6 is 31.9 Å². The molecule has 1 aromatic carbocycles. The summed E-state index contributed by atoms with van der Waals surface area (Å²) in [4.78, 5) is 0.